The van der Waals surface area contributed by atoms with E-state index in [9.17, 15) is 14.7 Å². The lowest BCUT2D eigenvalue weighted by molar-refractivity contribution is -0.111. The van der Waals surface area contributed by atoms with Crippen LogP contribution in [0.1, 0.15) is 28.4 Å². The highest BCUT2D eigenvalue weighted by Gasteiger charge is 2.13. The first-order valence-electron chi connectivity index (χ1n) is 7.75. The van der Waals surface area contributed by atoms with Crippen molar-refractivity contribution in [3.63, 3.8) is 0 Å². The molecule has 0 aliphatic rings. The second-order valence-electron chi connectivity index (χ2n) is 5.79. The fraction of sp³-hybridized carbons (Fsp3) is 0.100. The highest BCUT2D eigenvalue weighted by molar-refractivity contribution is 7.17. The van der Waals surface area contributed by atoms with Crippen LogP contribution >= 0.6 is 11.3 Å². The minimum absolute atomic E-state index is 0.0828. The fourth-order valence-electron chi connectivity index (χ4n) is 2.65. The third-order valence-electron chi connectivity index (χ3n) is 4.01. The van der Waals surface area contributed by atoms with Crippen molar-refractivity contribution in [1.82, 2.24) is 0 Å². The van der Waals surface area contributed by atoms with Gasteiger partial charge in [-0.1, -0.05) is 24.3 Å². The summed E-state index contributed by atoms with van der Waals surface area (Å²) in [4.78, 5) is 23.7. The molecule has 25 heavy (non-hydrogen) atoms. The number of thiophene rings is 1. The lowest BCUT2D eigenvalue weighted by Crippen LogP contribution is -2.13. The zero-order valence-electron chi connectivity index (χ0n) is 13.9. The zero-order valence-corrected chi connectivity index (χ0v) is 14.7. The molecule has 5 heteroatoms. The lowest BCUT2D eigenvalue weighted by atomic mass is 10.1. The number of hydrogen-bond donors (Lipinski definition) is 2. The van der Waals surface area contributed by atoms with Crippen LogP contribution in [0.4, 0.5) is 5.69 Å². The normalized spacial score (nSPS) is 11.5. The number of anilines is 1. The maximum absolute atomic E-state index is 12.4. The van der Waals surface area contributed by atoms with Gasteiger partial charge in [0.25, 0.3) is 0 Å². The van der Waals surface area contributed by atoms with Gasteiger partial charge in [0, 0.05) is 10.8 Å². The molecule has 0 fully saturated rings. The van der Waals surface area contributed by atoms with E-state index in [1.807, 2.05) is 24.4 Å². The molecule has 0 aliphatic heterocycles. The highest BCUT2D eigenvalue weighted by atomic mass is 32.1. The number of carboxylic acid groups (broad SMARTS) is 1. The number of carboxylic acids is 1. The minimum Gasteiger partial charge on any atom is -0.478 e. The van der Waals surface area contributed by atoms with Crippen molar-refractivity contribution in [1.29, 1.82) is 0 Å². The van der Waals surface area contributed by atoms with Gasteiger partial charge in [-0.15, -0.1) is 11.3 Å². The molecule has 1 amide bonds. The molecule has 0 unspecified atom stereocenters. The first-order valence-corrected chi connectivity index (χ1v) is 8.63. The summed E-state index contributed by atoms with van der Waals surface area (Å²) in [6.45, 7) is 3.63. The van der Waals surface area contributed by atoms with Gasteiger partial charge in [0.2, 0.25) is 5.91 Å². The van der Waals surface area contributed by atoms with Crippen molar-refractivity contribution in [2.45, 2.75) is 13.8 Å². The number of nitrogens with one attached hydrogen (secondary N) is 1. The first-order chi connectivity index (χ1) is 12.0. The Morgan fingerprint density at radius 3 is 2.72 bits per heavy atom. The molecular weight excluding hydrogens is 334 g/mol. The van der Waals surface area contributed by atoms with E-state index in [0.717, 1.165) is 15.8 Å². The number of carbonyl (C=O) groups is 2. The van der Waals surface area contributed by atoms with Gasteiger partial charge in [-0.05, 0) is 59.5 Å². The molecule has 0 spiro atoms. The summed E-state index contributed by atoms with van der Waals surface area (Å²) in [6, 6.07) is 13.0. The summed E-state index contributed by atoms with van der Waals surface area (Å²) in [5.74, 6) is -1.41. The summed E-state index contributed by atoms with van der Waals surface area (Å²) in [5, 5.41) is 15.2. The molecule has 0 aliphatic carbocycles. The topological polar surface area (TPSA) is 66.4 Å². The van der Waals surface area contributed by atoms with Crippen molar-refractivity contribution in [3.8, 4) is 0 Å². The Labute approximate surface area is 149 Å². The highest BCUT2D eigenvalue weighted by Crippen LogP contribution is 2.26. The molecule has 0 bridgehead atoms. The average Bonchev–Trinajstić information content (AvgIpc) is 3.03. The second-order valence-corrected chi connectivity index (χ2v) is 6.74. The fourth-order valence-corrected chi connectivity index (χ4v) is 3.48. The molecular formula is C20H17NO3S. The monoisotopic (exact) mass is 351 g/mol. The van der Waals surface area contributed by atoms with E-state index in [1.165, 1.54) is 17.5 Å². The number of hydrogen-bond acceptors (Lipinski definition) is 3. The van der Waals surface area contributed by atoms with Crippen molar-refractivity contribution >= 4 is 44.6 Å². The third-order valence-corrected chi connectivity index (χ3v) is 4.89. The number of fused-ring (bicyclic) bond motifs is 1. The van der Waals surface area contributed by atoms with Crippen LogP contribution in [0.3, 0.4) is 0 Å². The van der Waals surface area contributed by atoms with Crippen molar-refractivity contribution in [2.75, 3.05) is 5.32 Å². The third kappa shape index (κ3) is 3.61. The molecule has 3 aromatic rings. The summed E-state index contributed by atoms with van der Waals surface area (Å²) in [7, 11) is 0. The number of para-hydroxylation sites is 1. The maximum Gasteiger partial charge on any atom is 0.337 e. The molecule has 3 rings (SSSR count). The van der Waals surface area contributed by atoms with Gasteiger partial charge in [-0.2, -0.15) is 0 Å². The Morgan fingerprint density at radius 2 is 1.96 bits per heavy atom. The standard InChI is InChI=1S/C20H17NO3S/c1-12-4-3-5-16(20(23)24)19(12)21-18(22)10-13(2)15-7-6-14-8-9-25-17(14)11-15/h3-11H,1-2H3,(H,21,22)(H,23,24)/b13-10-. The van der Waals surface area contributed by atoms with Crippen LogP contribution in [0.2, 0.25) is 0 Å². The van der Waals surface area contributed by atoms with Gasteiger partial charge >= 0.3 is 5.97 Å². The second kappa shape index (κ2) is 6.91. The lowest BCUT2D eigenvalue weighted by Gasteiger charge is -2.10. The van der Waals surface area contributed by atoms with Crippen LogP contribution in [0.25, 0.3) is 15.7 Å². The maximum atomic E-state index is 12.4. The Kier molecular flexibility index (Phi) is 4.67. The number of benzene rings is 2. The van der Waals surface area contributed by atoms with Crippen molar-refractivity contribution in [3.05, 3.63) is 70.6 Å². The van der Waals surface area contributed by atoms with E-state index >= 15 is 0 Å². The number of amides is 1. The summed E-state index contributed by atoms with van der Waals surface area (Å²) in [5.41, 5.74) is 2.91. The molecule has 2 aromatic carbocycles. The van der Waals surface area contributed by atoms with Crippen LogP contribution in [0.5, 0.6) is 0 Å². The molecule has 2 N–H and O–H groups in total. The van der Waals surface area contributed by atoms with Gasteiger partial charge in [-0.25, -0.2) is 4.79 Å². The van der Waals surface area contributed by atoms with Gasteiger partial charge in [0.05, 0.1) is 11.3 Å². The smallest absolute Gasteiger partial charge is 0.337 e. The zero-order chi connectivity index (χ0) is 18.0. The molecule has 1 heterocycles. The van der Waals surface area contributed by atoms with E-state index in [4.69, 9.17) is 0 Å². The van der Waals surface area contributed by atoms with Crippen molar-refractivity contribution < 1.29 is 14.7 Å². The molecule has 0 saturated carbocycles. The van der Waals surface area contributed by atoms with Gasteiger partial charge in [0.15, 0.2) is 0 Å². The Bertz CT molecular complexity index is 1000. The van der Waals surface area contributed by atoms with Gasteiger partial charge < -0.3 is 10.4 Å². The van der Waals surface area contributed by atoms with Crippen molar-refractivity contribution in [2.24, 2.45) is 0 Å². The Balaban J connectivity index is 1.86. The predicted molar refractivity (Wildman–Crippen MR) is 102 cm³/mol. The Hall–Kier alpha value is -2.92. The SMILES string of the molecule is C/C(=C/C(=O)Nc1c(C)cccc1C(=O)O)c1ccc2ccsc2c1. The first kappa shape index (κ1) is 16.9. The molecule has 126 valence electrons. The molecule has 0 radical (unpaired) electrons. The summed E-state index contributed by atoms with van der Waals surface area (Å²) in [6.07, 6.45) is 1.49. The summed E-state index contributed by atoms with van der Waals surface area (Å²) < 4.78 is 1.16. The molecule has 4 nitrogen and oxygen atoms in total. The van der Waals surface area contributed by atoms with E-state index in [1.54, 1.807) is 30.4 Å². The van der Waals surface area contributed by atoms with E-state index < -0.39 is 5.97 Å². The van der Waals surface area contributed by atoms with Gasteiger partial charge in [0.1, 0.15) is 0 Å². The van der Waals surface area contributed by atoms with Gasteiger partial charge in [-0.3, -0.25) is 4.79 Å². The number of aromatic carboxylic acids is 1. The predicted octanol–water partition coefficient (Wildman–Crippen LogP) is 4.95. The number of carbonyl (C=O) groups excluding carboxylic acids is 1. The largest absolute Gasteiger partial charge is 0.478 e. The van der Waals surface area contributed by atoms with Crippen LogP contribution in [-0.4, -0.2) is 17.0 Å². The average molecular weight is 351 g/mol. The van der Waals surface area contributed by atoms with E-state index in [-0.39, 0.29) is 11.5 Å². The number of allylic oxidation sites excluding steroid dienone is 1. The van der Waals surface area contributed by atoms with Crippen LogP contribution in [0, 0.1) is 6.92 Å². The molecule has 0 atom stereocenters. The quantitative estimate of drug-likeness (QED) is 0.654. The van der Waals surface area contributed by atoms with Crippen LogP contribution in [-0.2, 0) is 4.79 Å². The Morgan fingerprint density at radius 1 is 1.16 bits per heavy atom. The summed E-state index contributed by atoms with van der Waals surface area (Å²) >= 11 is 1.65. The van der Waals surface area contributed by atoms with Crippen LogP contribution < -0.4 is 5.32 Å². The number of aryl methyl sites for hydroxylation is 1. The minimum atomic E-state index is -1.07. The molecule has 1 aromatic heterocycles. The van der Waals surface area contributed by atoms with E-state index in [0.29, 0.717) is 11.3 Å². The number of rotatable bonds is 4. The van der Waals surface area contributed by atoms with E-state index in [2.05, 4.69) is 17.4 Å². The van der Waals surface area contributed by atoms with Crippen LogP contribution in [0.15, 0.2) is 53.9 Å². The molecule has 0 saturated heterocycles.